The summed E-state index contributed by atoms with van der Waals surface area (Å²) in [6.07, 6.45) is 0.969. The number of likely N-dealkylation sites (tertiary alicyclic amines) is 1. The Hall–Kier alpha value is -0.390. The third kappa shape index (κ3) is 2.63. The zero-order chi connectivity index (χ0) is 13.3. The van der Waals surface area contributed by atoms with Crippen LogP contribution in [0.2, 0.25) is 0 Å². The lowest BCUT2D eigenvalue weighted by molar-refractivity contribution is 0.306. The van der Waals surface area contributed by atoms with Crippen LogP contribution in [-0.4, -0.2) is 33.8 Å². The Morgan fingerprint density at radius 1 is 1.39 bits per heavy atom. The van der Waals surface area contributed by atoms with Crippen LogP contribution in [0.5, 0.6) is 0 Å². The molecule has 0 saturated carbocycles. The second-order valence-corrected chi connectivity index (χ2v) is 6.00. The zero-order valence-electron chi connectivity index (χ0n) is 11.5. The van der Waals surface area contributed by atoms with Crippen LogP contribution in [0, 0.1) is 5.92 Å². The first-order valence-corrected chi connectivity index (χ1v) is 7.58. The molecule has 1 aliphatic rings. The first kappa shape index (κ1) is 14.0. The van der Waals surface area contributed by atoms with E-state index in [-0.39, 0.29) is 0 Å². The number of aromatic nitrogens is 2. The molecule has 0 bridgehead atoms. The Bertz CT molecular complexity index is 405. The Morgan fingerprint density at radius 2 is 2.11 bits per heavy atom. The molecule has 1 aliphatic heterocycles. The molecule has 2 rings (SSSR count). The van der Waals surface area contributed by atoms with Crippen molar-refractivity contribution in [3.05, 3.63) is 15.9 Å². The summed E-state index contributed by atoms with van der Waals surface area (Å²) in [5, 5.41) is 4.64. The minimum atomic E-state index is 0.312. The molecule has 2 N–H and O–H groups in total. The molecule has 2 heterocycles. The number of nitrogens with zero attached hydrogens (tertiary/aromatic N) is 3. The van der Waals surface area contributed by atoms with Crippen molar-refractivity contribution in [3.8, 4) is 0 Å². The van der Waals surface area contributed by atoms with Crippen LogP contribution < -0.4 is 5.73 Å². The van der Waals surface area contributed by atoms with E-state index in [4.69, 9.17) is 5.73 Å². The maximum absolute atomic E-state index is 6.09. The standard InChI is InChI=1S/C13H23BrN4/c1-4-11-13(14)12(18(5-2)16-11)8-17-6-9(3)10(15)7-17/h9-10H,4-8,15H2,1-3H3. The molecule has 0 aliphatic carbocycles. The van der Waals surface area contributed by atoms with Crippen LogP contribution in [0.1, 0.15) is 32.2 Å². The quantitative estimate of drug-likeness (QED) is 0.924. The fourth-order valence-corrected chi connectivity index (χ4v) is 3.29. The van der Waals surface area contributed by atoms with E-state index < -0.39 is 0 Å². The third-order valence-corrected chi connectivity index (χ3v) is 4.73. The fraction of sp³-hybridized carbons (Fsp3) is 0.769. The number of nitrogens with two attached hydrogens (primary N) is 1. The normalized spacial score (nSPS) is 24.9. The summed E-state index contributed by atoms with van der Waals surface area (Å²) in [5.41, 5.74) is 8.53. The average Bonchev–Trinajstić information content (AvgIpc) is 2.82. The lowest BCUT2D eigenvalue weighted by Crippen LogP contribution is -2.28. The summed E-state index contributed by atoms with van der Waals surface area (Å²) in [7, 11) is 0. The van der Waals surface area contributed by atoms with Gasteiger partial charge >= 0.3 is 0 Å². The minimum Gasteiger partial charge on any atom is -0.326 e. The molecule has 0 spiro atoms. The monoisotopic (exact) mass is 314 g/mol. The topological polar surface area (TPSA) is 47.1 Å². The van der Waals surface area contributed by atoms with Crippen molar-refractivity contribution in [2.24, 2.45) is 11.7 Å². The highest BCUT2D eigenvalue weighted by Gasteiger charge is 2.28. The Morgan fingerprint density at radius 3 is 2.61 bits per heavy atom. The molecule has 5 heteroatoms. The van der Waals surface area contributed by atoms with Crippen molar-refractivity contribution in [1.82, 2.24) is 14.7 Å². The van der Waals surface area contributed by atoms with E-state index in [0.29, 0.717) is 12.0 Å². The molecule has 18 heavy (non-hydrogen) atoms. The maximum atomic E-state index is 6.09. The van der Waals surface area contributed by atoms with E-state index in [9.17, 15) is 0 Å². The first-order valence-electron chi connectivity index (χ1n) is 6.78. The number of halogens is 1. The van der Waals surface area contributed by atoms with E-state index in [1.165, 1.54) is 10.2 Å². The van der Waals surface area contributed by atoms with E-state index in [2.05, 4.69) is 51.4 Å². The fourth-order valence-electron chi connectivity index (χ4n) is 2.60. The van der Waals surface area contributed by atoms with E-state index in [0.717, 1.165) is 38.3 Å². The highest BCUT2D eigenvalue weighted by molar-refractivity contribution is 9.10. The molecule has 1 aromatic heterocycles. The summed E-state index contributed by atoms with van der Waals surface area (Å²) < 4.78 is 3.29. The third-order valence-electron chi connectivity index (χ3n) is 3.81. The number of rotatable bonds is 4. The molecule has 0 radical (unpaired) electrons. The summed E-state index contributed by atoms with van der Waals surface area (Å²) in [4.78, 5) is 2.43. The lowest BCUT2D eigenvalue weighted by Gasteiger charge is -2.16. The number of hydrogen-bond acceptors (Lipinski definition) is 3. The average molecular weight is 315 g/mol. The summed E-state index contributed by atoms with van der Waals surface area (Å²) in [6.45, 7) is 10.5. The molecule has 0 amide bonds. The van der Waals surface area contributed by atoms with Gasteiger partial charge in [-0.25, -0.2) is 0 Å². The van der Waals surface area contributed by atoms with Crippen molar-refractivity contribution in [1.29, 1.82) is 0 Å². The van der Waals surface area contributed by atoms with Crippen LogP contribution in [0.3, 0.4) is 0 Å². The number of hydrogen-bond donors (Lipinski definition) is 1. The molecular weight excluding hydrogens is 292 g/mol. The predicted molar refractivity (Wildman–Crippen MR) is 77.4 cm³/mol. The Labute approximate surface area is 118 Å². The molecule has 2 atom stereocenters. The van der Waals surface area contributed by atoms with Crippen molar-refractivity contribution >= 4 is 15.9 Å². The molecule has 1 saturated heterocycles. The molecule has 4 nitrogen and oxygen atoms in total. The van der Waals surface area contributed by atoms with Gasteiger partial charge in [-0.1, -0.05) is 13.8 Å². The molecule has 102 valence electrons. The molecular formula is C13H23BrN4. The first-order chi connectivity index (χ1) is 8.56. The van der Waals surface area contributed by atoms with Gasteiger partial charge in [-0.05, 0) is 35.2 Å². The van der Waals surface area contributed by atoms with Crippen LogP contribution in [-0.2, 0) is 19.5 Å². The maximum Gasteiger partial charge on any atom is 0.0767 e. The molecule has 1 aromatic rings. The summed E-state index contributed by atoms with van der Waals surface area (Å²) in [5.74, 6) is 0.590. The molecule has 2 unspecified atom stereocenters. The highest BCUT2D eigenvalue weighted by Crippen LogP contribution is 2.25. The summed E-state index contributed by atoms with van der Waals surface area (Å²) in [6, 6.07) is 0.312. The van der Waals surface area contributed by atoms with Crippen LogP contribution in [0.15, 0.2) is 4.47 Å². The van der Waals surface area contributed by atoms with Gasteiger partial charge in [-0.2, -0.15) is 5.10 Å². The van der Waals surface area contributed by atoms with Crippen LogP contribution in [0.25, 0.3) is 0 Å². The molecule has 0 aromatic carbocycles. The van der Waals surface area contributed by atoms with Gasteiger partial charge < -0.3 is 5.73 Å². The van der Waals surface area contributed by atoms with Crippen molar-refractivity contribution in [3.63, 3.8) is 0 Å². The molecule has 1 fully saturated rings. The summed E-state index contributed by atoms with van der Waals surface area (Å²) >= 11 is 3.70. The largest absolute Gasteiger partial charge is 0.326 e. The van der Waals surface area contributed by atoms with Gasteiger partial charge in [0.1, 0.15) is 0 Å². The van der Waals surface area contributed by atoms with Gasteiger partial charge in [0.15, 0.2) is 0 Å². The van der Waals surface area contributed by atoms with Gasteiger partial charge in [0.25, 0.3) is 0 Å². The van der Waals surface area contributed by atoms with Crippen molar-refractivity contribution in [2.45, 2.75) is 46.3 Å². The van der Waals surface area contributed by atoms with Gasteiger partial charge in [0, 0.05) is 32.2 Å². The van der Waals surface area contributed by atoms with Crippen molar-refractivity contribution < 1.29 is 0 Å². The second kappa shape index (κ2) is 5.72. The Balaban J connectivity index is 2.16. The van der Waals surface area contributed by atoms with Gasteiger partial charge in [-0.3, -0.25) is 9.58 Å². The predicted octanol–water partition coefficient (Wildman–Crippen LogP) is 2.01. The highest BCUT2D eigenvalue weighted by atomic mass is 79.9. The second-order valence-electron chi connectivity index (χ2n) is 5.21. The van der Waals surface area contributed by atoms with Gasteiger partial charge in [-0.15, -0.1) is 0 Å². The van der Waals surface area contributed by atoms with Gasteiger partial charge in [0.2, 0.25) is 0 Å². The van der Waals surface area contributed by atoms with E-state index >= 15 is 0 Å². The minimum absolute atomic E-state index is 0.312. The Kier molecular flexibility index (Phi) is 4.45. The SMILES string of the molecule is CCc1nn(CC)c(CN2CC(C)C(N)C2)c1Br. The smallest absolute Gasteiger partial charge is 0.0767 e. The van der Waals surface area contributed by atoms with E-state index in [1.54, 1.807) is 0 Å². The van der Waals surface area contributed by atoms with Crippen LogP contribution >= 0.6 is 15.9 Å². The zero-order valence-corrected chi connectivity index (χ0v) is 13.1. The van der Waals surface area contributed by atoms with Crippen molar-refractivity contribution in [2.75, 3.05) is 13.1 Å². The van der Waals surface area contributed by atoms with Crippen LogP contribution in [0.4, 0.5) is 0 Å². The number of aryl methyl sites for hydroxylation is 2. The van der Waals surface area contributed by atoms with E-state index in [1.807, 2.05) is 0 Å². The lowest BCUT2D eigenvalue weighted by atomic mass is 10.1. The van der Waals surface area contributed by atoms with Gasteiger partial charge in [0.05, 0.1) is 15.9 Å².